The molecule has 1 saturated heterocycles. The number of rotatable bonds is 4. The van der Waals surface area contributed by atoms with Crippen LogP contribution in [-0.2, 0) is 14.3 Å². The summed E-state index contributed by atoms with van der Waals surface area (Å²) >= 11 is 0. The van der Waals surface area contributed by atoms with Gasteiger partial charge in [0.25, 0.3) is 0 Å². The smallest absolute Gasteiger partial charge is 0.410 e. The van der Waals surface area contributed by atoms with Crippen LogP contribution in [0.1, 0.15) is 46.5 Å². The lowest BCUT2D eigenvalue weighted by Gasteiger charge is -2.33. The number of ether oxygens (including phenoxy) is 1. The molecule has 1 heterocycles. The average molecular weight is 285 g/mol. The summed E-state index contributed by atoms with van der Waals surface area (Å²) in [6.07, 6.45) is 0.975. The maximum Gasteiger partial charge on any atom is 0.410 e. The van der Waals surface area contributed by atoms with E-state index in [9.17, 15) is 14.4 Å². The van der Waals surface area contributed by atoms with Crippen molar-refractivity contribution in [2.75, 3.05) is 13.1 Å². The molecule has 0 saturated carbocycles. The van der Waals surface area contributed by atoms with Crippen LogP contribution in [0.5, 0.6) is 0 Å². The molecule has 114 valence electrons. The van der Waals surface area contributed by atoms with Crippen molar-refractivity contribution in [1.82, 2.24) is 4.90 Å². The molecule has 0 aromatic heterocycles. The van der Waals surface area contributed by atoms with Gasteiger partial charge in [0.05, 0.1) is 0 Å². The summed E-state index contributed by atoms with van der Waals surface area (Å²) in [5.74, 6) is -1.16. The quantitative estimate of drug-likeness (QED) is 0.799. The van der Waals surface area contributed by atoms with Crippen LogP contribution in [0.15, 0.2) is 0 Å². The monoisotopic (exact) mass is 285 g/mol. The minimum Gasteiger partial charge on any atom is -0.481 e. The van der Waals surface area contributed by atoms with Gasteiger partial charge in [0.15, 0.2) is 0 Å². The highest BCUT2D eigenvalue weighted by atomic mass is 16.6. The molecule has 1 aliphatic rings. The van der Waals surface area contributed by atoms with E-state index in [1.54, 1.807) is 4.90 Å². The number of carboxylic acid groups (broad SMARTS) is 1. The summed E-state index contributed by atoms with van der Waals surface area (Å²) in [6, 6.07) is 0. The fourth-order valence-corrected chi connectivity index (χ4v) is 2.21. The first-order chi connectivity index (χ1) is 9.17. The lowest BCUT2D eigenvalue weighted by molar-refractivity contribution is -0.140. The van der Waals surface area contributed by atoms with E-state index >= 15 is 0 Å². The maximum absolute atomic E-state index is 11.8. The highest BCUT2D eigenvalue weighted by Crippen LogP contribution is 2.22. The second-order valence-electron chi connectivity index (χ2n) is 6.22. The zero-order valence-electron chi connectivity index (χ0n) is 12.3. The third-order valence-corrected chi connectivity index (χ3v) is 3.13. The lowest BCUT2D eigenvalue weighted by Crippen LogP contribution is -2.42. The van der Waals surface area contributed by atoms with Crippen molar-refractivity contribution in [3.8, 4) is 0 Å². The molecule has 1 rings (SSSR count). The van der Waals surface area contributed by atoms with Crippen molar-refractivity contribution in [2.24, 2.45) is 5.92 Å². The lowest BCUT2D eigenvalue weighted by atomic mass is 9.91. The number of nitrogens with zero attached hydrogens (tertiary/aromatic N) is 1. The van der Waals surface area contributed by atoms with Gasteiger partial charge in [-0.3, -0.25) is 9.59 Å². The predicted molar refractivity (Wildman–Crippen MR) is 72.4 cm³/mol. The number of ketones is 1. The number of amides is 1. The van der Waals surface area contributed by atoms with Crippen molar-refractivity contribution < 1.29 is 24.2 Å². The molecule has 6 nitrogen and oxygen atoms in total. The van der Waals surface area contributed by atoms with Crippen LogP contribution < -0.4 is 0 Å². The number of hydrogen-bond acceptors (Lipinski definition) is 4. The first kappa shape index (κ1) is 16.5. The van der Waals surface area contributed by atoms with E-state index in [2.05, 4.69) is 0 Å². The number of carboxylic acids is 1. The standard InChI is InChI=1S/C14H23NO5/c1-14(2,3)20-13(19)15-6-4-10(5-7-15)8-11(16)9-12(17)18/h10H,4-9H2,1-3H3,(H,17,18). The highest BCUT2D eigenvalue weighted by Gasteiger charge is 2.27. The van der Waals surface area contributed by atoms with Gasteiger partial charge < -0.3 is 14.7 Å². The Balaban J connectivity index is 2.35. The fraction of sp³-hybridized carbons (Fsp3) is 0.786. The van der Waals surface area contributed by atoms with Gasteiger partial charge in [0.1, 0.15) is 17.8 Å². The Bertz CT molecular complexity index is 378. The number of aliphatic carboxylic acids is 1. The SMILES string of the molecule is CC(C)(C)OC(=O)N1CCC(CC(=O)CC(=O)O)CC1. The fourth-order valence-electron chi connectivity index (χ4n) is 2.21. The van der Waals surface area contributed by atoms with E-state index in [0.717, 1.165) is 0 Å². The zero-order chi connectivity index (χ0) is 15.3. The second kappa shape index (κ2) is 6.72. The van der Waals surface area contributed by atoms with Crippen molar-refractivity contribution in [2.45, 2.75) is 52.1 Å². The van der Waals surface area contributed by atoms with Gasteiger partial charge in [0, 0.05) is 19.5 Å². The number of hydrogen-bond donors (Lipinski definition) is 1. The van der Waals surface area contributed by atoms with Crippen LogP contribution in [-0.4, -0.2) is 46.5 Å². The summed E-state index contributed by atoms with van der Waals surface area (Å²) in [7, 11) is 0. The van der Waals surface area contributed by atoms with Crippen molar-refractivity contribution in [3.05, 3.63) is 0 Å². The minimum atomic E-state index is -1.08. The number of likely N-dealkylation sites (tertiary alicyclic amines) is 1. The molecule has 1 N–H and O–H groups in total. The minimum absolute atomic E-state index is 0.167. The normalized spacial score (nSPS) is 16.9. The zero-order valence-corrected chi connectivity index (χ0v) is 12.3. The molecule has 0 radical (unpaired) electrons. The van der Waals surface area contributed by atoms with Gasteiger partial charge >= 0.3 is 12.1 Å². The first-order valence-electron chi connectivity index (χ1n) is 6.89. The summed E-state index contributed by atoms with van der Waals surface area (Å²) < 4.78 is 5.29. The van der Waals surface area contributed by atoms with Gasteiger partial charge in [0.2, 0.25) is 0 Å². The maximum atomic E-state index is 11.8. The van der Waals surface area contributed by atoms with E-state index in [4.69, 9.17) is 9.84 Å². The van der Waals surface area contributed by atoms with Crippen molar-refractivity contribution in [3.63, 3.8) is 0 Å². The Morgan fingerprint density at radius 1 is 1.20 bits per heavy atom. The molecule has 1 aliphatic heterocycles. The highest BCUT2D eigenvalue weighted by molar-refractivity contribution is 5.94. The third-order valence-electron chi connectivity index (χ3n) is 3.13. The van der Waals surface area contributed by atoms with E-state index in [1.165, 1.54) is 0 Å². The van der Waals surface area contributed by atoms with Crippen LogP contribution in [0.25, 0.3) is 0 Å². The van der Waals surface area contributed by atoms with Gasteiger partial charge in [-0.15, -0.1) is 0 Å². The third kappa shape index (κ3) is 6.04. The summed E-state index contributed by atoms with van der Waals surface area (Å²) in [6.45, 7) is 6.58. The molecular formula is C14H23NO5. The van der Waals surface area contributed by atoms with E-state index in [0.29, 0.717) is 25.9 Å². The molecule has 0 aliphatic carbocycles. The summed E-state index contributed by atoms with van der Waals surface area (Å²) in [5.41, 5.74) is -0.509. The van der Waals surface area contributed by atoms with Gasteiger partial charge in [-0.05, 0) is 39.5 Å². The van der Waals surface area contributed by atoms with Crippen LogP contribution in [0.2, 0.25) is 0 Å². The average Bonchev–Trinajstić information content (AvgIpc) is 2.26. The van der Waals surface area contributed by atoms with Crippen molar-refractivity contribution >= 4 is 17.8 Å². The van der Waals surface area contributed by atoms with Gasteiger partial charge in [-0.2, -0.15) is 0 Å². The predicted octanol–water partition coefficient (Wildman–Crippen LogP) is 2.07. The Morgan fingerprint density at radius 2 is 1.75 bits per heavy atom. The number of piperidine rings is 1. The molecule has 0 bridgehead atoms. The molecule has 0 aromatic rings. The second-order valence-corrected chi connectivity index (χ2v) is 6.22. The molecule has 6 heteroatoms. The first-order valence-corrected chi connectivity index (χ1v) is 6.89. The number of carbonyl (C=O) groups is 3. The van der Waals surface area contributed by atoms with Crippen molar-refractivity contribution in [1.29, 1.82) is 0 Å². The molecule has 20 heavy (non-hydrogen) atoms. The molecule has 1 fully saturated rings. The number of Topliss-reactive ketones (excluding diaryl/α,β-unsaturated/α-hetero) is 1. The Labute approximate surface area is 119 Å². The van der Waals surface area contributed by atoms with E-state index < -0.39 is 18.0 Å². The Hall–Kier alpha value is -1.59. The molecule has 0 unspecified atom stereocenters. The largest absolute Gasteiger partial charge is 0.481 e. The summed E-state index contributed by atoms with van der Waals surface area (Å²) in [4.78, 5) is 35.4. The summed E-state index contributed by atoms with van der Waals surface area (Å²) in [5, 5.41) is 8.55. The Morgan fingerprint density at radius 3 is 2.20 bits per heavy atom. The van der Waals surface area contributed by atoms with Crippen LogP contribution >= 0.6 is 0 Å². The molecule has 0 spiro atoms. The van der Waals surface area contributed by atoms with Gasteiger partial charge in [-0.1, -0.05) is 0 Å². The van der Waals surface area contributed by atoms with Crippen LogP contribution in [0.3, 0.4) is 0 Å². The number of carbonyl (C=O) groups excluding carboxylic acids is 2. The van der Waals surface area contributed by atoms with Crippen LogP contribution in [0, 0.1) is 5.92 Å². The topological polar surface area (TPSA) is 83.9 Å². The van der Waals surface area contributed by atoms with E-state index in [1.807, 2.05) is 20.8 Å². The molecule has 0 aromatic carbocycles. The van der Waals surface area contributed by atoms with Gasteiger partial charge in [-0.25, -0.2) is 4.79 Å². The molecule has 1 amide bonds. The Kier molecular flexibility index (Phi) is 5.53. The molecular weight excluding hydrogens is 262 g/mol. The van der Waals surface area contributed by atoms with E-state index in [-0.39, 0.29) is 24.2 Å². The molecule has 0 atom stereocenters. The van der Waals surface area contributed by atoms with Crippen LogP contribution in [0.4, 0.5) is 4.79 Å².